The molecule has 2 rings (SSSR count). The second kappa shape index (κ2) is 5.77. The van der Waals surface area contributed by atoms with Gasteiger partial charge < -0.3 is 10.4 Å². The molecular formula is C16H23N3O. The number of likely N-dealkylation sites (N-methyl/N-ethyl adjacent to an activating group) is 1. The van der Waals surface area contributed by atoms with Crippen LogP contribution in [0.5, 0.6) is 0 Å². The predicted octanol–water partition coefficient (Wildman–Crippen LogP) is 2.48. The monoisotopic (exact) mass is 273 g/mol. The molecule has 0 aliphatic carbocycles. The minimum absolute atomic E-state index is 0.124. The van der Waals surface area contributed by atoms with E-state index in [2.05, 4.69) is 27.3 Å². The fourth-order valence-corrected chi connectivity index (χ4v) is 2.09. The quantitative estimate of drug-likeness (QED) is 0.878. The van der Waals surface area contributed by atoms with Crippen LogP contribution in [0.2, 0.25) is 0 Å². The number of fused-ring (bicyclic) bond motifs is 1. The van der Waals surface area contributed by atoms with Crippen molar-refractivity contribution in [1.29, 1.82) is 0 Å². The van der Waals surface area contributed by atoms with Gasteiger partial charge in [-0.05, 0) is 33.0 Å². The zero-order valence-corrected chi connectivity index (χ0v) is 12.6. The molecule has 0 atom stereocenters. The summed E-state index contributed by atoms with van der Waals surface area (Å²) in [6.45, 7) is 4.92. The Balaban J connectivity index is 2.38. The second-order valence-electron chi connectivity index (χ2n) is 5.77. The van der Waals surface area contributed by atoms with Crippen LogP contribution in [0, 0.1) is 0 Å². The van der Waals surface area contributed by atoms with Crippen LogP contribution in [0.4, 0.5) is 5.82 Å². The highest BCUT2D eigenvalue weighted by molar-refractivity contribution is 5.81. The zero-order valence-electron chi connectivity index (χ0n) is 12.6. The molecule has 0 radical (unpaired) electrons. The Labute approximate surface area is 120 Å². The van der Waals surface area contributed by atoms with Crippen molar-refractivity contribution >= 4 is 16.7 Å². The summed E-state index contributed by atoms with van der Waals surface area (Å²) in [5.41, 5.74) is 1.87. The number of aliphatic hydroxyl groups is 1. The number of hydrogen-bond donors (Lipinski definition) is 2. The van der Waals surface area contributed by atoms with E-state index in [1.54, 1.807) is 0 Å². The molecule has 20 heavy (non-hydrogen) atoms. The number of aliphatic hydroxyl groups excluding tert-OH is 1. The lowest BCUT2D eigenvalue weighted by atomic mass is 10.0. The van der Waals surface area contributed by atoms with Crippen LogP contribution in [-0.4, -0.2) is 41.2 Å². The molecule has 108 valence electrons. The summed E-state index contributed by atoms with van der Waals surface area (Å²) in [5, 5.41) is 13.8. The lowest BCUT2D eigenvalue weighted by molar-refractivity contribution is 0.0735. The molecule has 1 aromatic heterocycles. The Morgan fingerprint density at radius 3 is 2.65 bits per heavy atom. The van der Waals surface area contributed by atoms with Crippen molar-refractivity contribution < 1.29 is 5.11 Å². The molecule has 0 bridgehead atoms. The highest BCUT2D eigenvalue weighted by Gasteiger charge is 2.23. The van der Waals surface area contributed by atoms with Crippen molar-refractivity contribution in [2.24, 2.45) is 0 Å². The smallest absolute Gasteiger partial charge is 0.130 e. The third-order valence-corrected chi connectivity index (χ3v) is 3.87. The standard InChI is InChI=1S/C16H23N3O/c1-16(2,11-20)19(4)10-13-9-12-7-5-6-8-14(12)18-15(13)17-3/h5-9,20H,10-11H2,1-4H3,(H,17,18). The molecule has 0 aliphatic rings. The number of aromatic nitrogens is 1. The number of benzene rings is 1. The normalized spacial score (nSPS) is 12.1. The van der Waals surface area contributed by atoms with E-state index in [-0.39, 0.29) is 12.1 Å². The Morgan fingerprint density at radius 1 is 1.30 bits per heavy atom. The fraction of sp³-hybridized carbons (Fsp3) is 0.438. The molecule has 2 N–H and O–H groups in total. The fourth-order valence-electron chi connectivity index (χ4n) is 2.09. The van der Waals surface area contributed by atoms with Crippen molar-refractivity contribution in [3.8, 4) is 0 Å². The van der Waals surface area contributed by atoms with Gasteiger partial charge in [0.05, 0.1) is 12.1 Å². The number of nitrogens with zero attached hydrogens (tertiary/aromatic N) is 2. The largest absolute Gasteiger partial charge is 0.394 e. The van der Waals surface area contributed by atoms with Crippen LogP contribution >= 0.6 is 0 Å². The van der Waals surface area contributed by atoms with E-state index in [4.69, 9.17) is 0 Å². The molecule has 0 unspecified atom stereocenters. The van der Waals surface area contributed by atoms with Crippen LogP contribution in [0.3, 0.4) is 0 Å². The topological polar surface area (TPSA) is 48.4 Å². The van der Waals surface area contributed by atoms with Gasteiger partial charge in [0, 0.05) is 30.1 Å². The first-order valence-electron chi connectivity index (χ1n) is 6.86. The lowest BCUT2D eigenvalue weighted by Crippen LogP contribution is -2.43. The van der Waals surface area contributed by atoms with Gasteiger partial charge in [-0.25, -0.2) is 4.98 Å². The lowest BCUT2D eigenvalue weighted by Gasteiger charge is -2.34. The van der Waals surface area contributed by atoms with Gasteiger partial charge >= 0.3 is 0 Å². The summed E-state index contributed by atoms with van der Waals surface area (Å²) in [6.07, 6.45) is 0. The first-order chi connectivity index (χ1) is 9.47. The summed E-state index contributed by atoms with van der Waals surface area (Å²) < 4.78 is 0. The Kier molecular flexibility index (Phi) is 4.26. The highest BCUT2D eigenvalue weighted by atomic mass is 16.3. The van der Waals surface area contributed by atoms with Gasteiger partial charge in [0.25, 0.3) is 0 Å². The average molecular weight is 273 g/mol. The van der Waals surface area contributed by atoms with Crippen LogP contribution in [0.1, 0.15) is 19.4 Å². The molecule has 2 aromatic rings. The van der Waals surface area contributed by atoms with Crippen LogP contribution in [0.15, 0.2) is 30.3 Å². The maximum atomic E-state index is 9.47. The van der Waals surface area contributed by atoms with Gasteiger partial charge in [-0.1, -0.05) is 18.2 Å². The molecule has 0 aliphatic heterocycles. The average Bonchev–Trinajstić information content (AvgIpc) is 2.46. The molecule has 1 heterocycles. The van der Waals surface area contributed by atoms with Crippen LogP contribution in [-0.2, 0) is 6.54 Å². The molecule has 0 spiro atoms. The van der Waals surface area contributed by atoms with E-state index >= 15 is 0 Å². The molecule has 4 nitrogen and oxygen atoms in total. The number of anilines is 1. The van der Waals surface area contributed by atoms with Crippen molar-refractivity contribution in [2.45, 2.75) is 25.9 Å². The Hall–Kier alpha value is -1.65. The molecular weight excluding hydrogens is 250 g/mol. The van der Waals surface area contributed by atoms with Gasteiger partial charge in [-0.3, -0.25) is 4.90 Å². The third kappa shape index (κ3) is 2.92. The first-order valence-corrected chi connectivity index (χ1v) is 6.86. The number of pyridine rings is 1. The van der Waals surface area contributed by atoms with E-state index in [9.17, 15) is 5.11 Å². The Morgan fingerprint density at radius 2 is 2.00 bits per heavy atom. The van der Waals surface area contributed by atoms with Gasteiger partial charge in [-0.15, -0.1) is 0 Å². The first kappa shape index (κ1) is 14.8. The molecule has 0 saturated carbocycles. The van der Waals surface area contributed by atoms with Crippen LogP contribution < -0.4 is 5.32 Å². The van der Waals surface area contributed by atoms with Gasteiger partial charge in [0.15, 0.2) is 0 Å². The van der Waals surface area contributed by atoms with Crippen molar-refractivity contribution in [1.82, 2.24) is 9.88 Å². The Bertz CT molecular complexity index is 595. The van der Waals surface area contributed by atoms with Crippen LogP contribution in [0.25, 0.3) is 10.9 Å². The summed E-state index contributed by atoms with van der Waals surface area (Å²) in [7, 11) is 3.91. The number of nitrogens with one attached hydrogen (secondary N) is 1. The van der Waals surface area contributed by atoms with E-state index in [1.165, 1.54) is 0 Å². The minimum Gasteiger partial charge on any atom is -0.394 e. The van der Waals surface area contributed by atoms with Gasteiger partial charge in [0.2, 0.25) is 0 Å². The van der Waals surface area contributed by atoms with E-state index in [0.717, 1.165) is 28.8 Å². The van der Waals surface area contributed by atoms with Gasteiger partial charge in [0.1, 0.15) is 5.82 Å². The number of hydrogen-bond acceptors (Lipinski definition) is 4. The minimum atomic E-state index is -0.253. The predicted molar refractivity (Wildman–Crippen MR) is 83.9 cm³/mol. The van der Waals surface area contributed by atoms with E-state index < -0.39 is 0 Å². The van der Waals surface area contributed by atoms with Crippen molar-refractivity contribution in [3.05, 3.63) is 35.9 Å². The summed E-state index contributed by atoms with van der Waals surface area (Å²) >= 11 is 0. The highest BCUT2D eigenvalue weighted by Crippen LogP contribution is 2.23. The molecule has 0 saturated heterocycles. The van der Waals surface area contributed by atoms with Crippen molar-refractivity contribution in [2.75, 3.05) is 26.0 Å². The van der Waals surface area contributed by atoms with E-state index in [0.29, 0.717) is 0 Å². The second-order valence-corrected chi connectivity index (χ2v) is 5.77. The van der Waals surface area contributed by atoms with E-state index in [1.807, 2.05) is 46.1 Å². The zero-order chi connectivity index (χ0) is 14.8. The van der Waals surface area contributed by atoms with Crippen molar-refractivity contribution in [3.63, 3.8) is 0 Å². The summed E-state index contributed by atoms with van der Waals surface area (Å²) in [6, 6.07) is 10.3. The maximum Gasteiger partial charge on any atom is 0.130 e. The number of para-hydroxylation sites is 1. The maximum absolute atomic E-state index is 9.47. The molecule has 1 aromatic carbocycles. The molecule has 4 heteroatoms. The number of rotatable bonds is 5. The SMILES string of the molecule is CNc1nc2ccccc2cc1CN(C)C(C)(C)CO. The van der Waals surface area contributed by atoms with Gasteiger partial charge in [-0.2, -0.15) is 0 Å². The summed E-state index contributed by atoms with van der Waals surface area (Å²) in [4.78, 5) is 6.79. The third-order valence-electron chi connectivity index (χ3n) is 3.87. The molecule has 0 amide bonds. The molecule has 0 fully saturated rings. The summed E-state index contributed by atoms with van der Waals surface area (Å²) in [5.74, 6) is 0.893.